The van der Waals surface area contributed by atoms with Gasteiger partial charge in [0, 0.05) is 16.6 Å². The number of carbonyl (C=O) groups excluding carboxylic acids is 1. The summed E-state index contributed by atoms with van der Waals surface area (Å²) in [5.74, 6) is -0.417. The first-order valence-electron chi connectivity index (χ1n) is 7.20. The minimum Gasteiger partial charge on any atom is -0.457 e. The van der Waals surface area contributed by atoms with Crippen molar-refractivity contribution >= 4 is 16.9 Å². The molecule has 0 saturated carbocycles. The lowest BCUT2D eigenvalue weighted by molar-refractivity contribution is 0.0474. The molecule has 0 aliphatic carbocycles. The number of nitriles is 1. The molecule has 1 aromatic heterocycles. The molecule has 0 N–H and O–H groups in total. The van der Waals surface area contributed by atoms with Crippen molar-refractivity contribution in [2.24, 2.45) is 0 Å². The average molecular weight is 302 g/mol. The van der Waals surface area contributed by atoms with Gasteiger partial charge in [-0.2, -0.15) is 5.26 Å². The first-order chi connectivity index (χ1) is 11.2. The van der Waals surface area contributed by atoms with Crippen molar-refractivity contribution in [3.63, 3.8) is 0 Å². The maximum absolute atomic E-state index is 12.5. The van der Waals surface area contributed by atoms with E-state index in [1.54, 1.807) is 24.3 Å². The fourth-order valence-electron chi connectivity index (χ4n) is 2.45. The number of benzene rings is 2. The van der Waals surface area contributed by atoms with Gasteiger partial charge in [0.25, 0.3) is 0 Å². The number of ether oxygens (including phenoxy) is 1. The summed E-state index contributed by atoms with van der Waals surface area (Å²) in [6.45, 7) is 1.91. The Kier molecular flexibility index (Phi) is 4.03. The molecule has 0 fully saturated rings. The Balaban J connectivity index is 1.88. The Morgan fingerprint density at radius 2 is 1.91 bits per heavy atom. The maximum Gasteiger partial charge on any atom is 0.339 e. The Bertz CT molecular complexity index is 926. The van der Waals surface area contributed by atoms with E-state index >= 15 is 0 Å². The van der Waals surface area contributed by atoms with E-state index in [1.165, 1.54) is 0 Å². The van der Waals surface area contributed by atoms with E-state index in [0.717, 1.165) is 16.6 Å². The summed E-state index contributed by atoms with van der Waals surface area (Å²) in [6, 6.07) is 18.4. The lowest BCUT2D eigenvalue weighted by Gasteiger charge is -2.09. The number of fused-ring (bicyclic) bond motifs is 1. The van der Waals surface area contributed by atoms with Crippen molar-refractivity contribution in [1.29, 1.82) is 5.26 Å². The summed E-state index contributed by atoms with van der Waals surface area (Å²) in [6.07, 6.45) is 0. The number of hydrogen-bond donors (Lipinski definition) is 0. The van der Waals surface area contributed by atoms with E-state index in [-0.39, 0.29) is 6.61 Å². The van der Waals surface area contributed by atoms with Crippen LogP contribution in [0.3, 0.4) is 0 Å². The quantitative estimate of drug-likeness (QED) is 0.691. The third kappa shape index (κ3) is 3.04. The highest BCUT2D eigenvalue weighted by molar-refractivity contribution is 6.03. The van der Waals surface area contributed by atoms with E-state index < -0.39 is 5.97 Å². The van der Waals surface area contributed by atoms with Crippen LogP contribution in [-0.2, 0) is 11.3 Å². The fraction of sp³-hybridized carbons (Fsp3) is 0.105. The second-order valence-electron chi connectivity index (χ2n) is 5.17. The van der Waals surface area contributed by atoms with Crippen LogP contribution in [0.15, 0.2) is 54.6 Å². The molecule has 0 aliphatic heterocycles. The third-order valence-corrected chi connectivity index (χ3v) is 3.56. The van der Waals surface area contributed by atoms with E-state index in [0.29, 0.717) is 16.7 Å². The molecule has 23 heavy (non-hydrogen) atoms. The van der Waals surface area contributed by atoms with Gasteiger partial charge in [-0.3, -0.25) is 4.98 Å². The normalized spacial score (nSPS) is 10.3. The highest BCUT2D eigenvalue weighted by Crippen LogP contribution is 2.20. The Morgan fingerprint density at radius 3 is 2.74 bits per heavy atom. The van der Waals surface area contributed by atoms with Crippen LogP contribution in [0.25, 0.3) is 10.9 Å². The number of carbonyl (C=O) groups is 1. The molecule has 0 radical (unpaired) electrons. The SMILES string of the molecule is Cc1cc(C(=O)OCc2ccccc2C#N)c2ccccc2n1. The number of nitrogens with zero attached hydrogens (tertiary/aromatic N) is 2. The molecule has 2 aromatic carbocycles. The smallest absolute Gasteiger partial charge is 0.339 e. The fourth-order valence-corrected chi connectivity index (χ4v) is 2.45. The van der Waals surface area contributed by atoms with Crippen molar-refractivity contribution in [3.05, 3.63) is 77.0 Å². The molecule has 3 rings (SSSR count). The van der Waals surface area contributed by atoms with E-state index in [2.05, 4.69) is 11.1 Å². The summed E-state index contributed by atoms with van der Waals surface area (Å²) in [4.78, 5) is 16.9. The van der Waals surface area contributed by atoms with Gasteiger partial charge in [0.2, 0.25) is 0 Å². The lowest BCUT2D eigenvalue weighted by Crippen LogP contribution is -2.08. The van der Waals surface area contributed by atoms with Crippen molar-refractivity contribution in [2.45, 2.75) is 13.5 Å². The minimum absolute atomic E-state index is 0.0677. The van der Waals surface area contributed by atoms with Crippen LogP contribution in [0.1, 0.15) is 27.2 Å². The standard InChI is InChI=1S/C19H14N2O2/c1-13-10-17(16-8-4-5-9-18(16)21-13)19(22)23-12-15-7-3-2-6-14(15)11-20/h2-10H,12H2,1H3. The number of pyridine rings is 1. The lowest BCUT2D eigenvalue weighted by atomic mass is 10.1. The van der Waals surface area contributed by atoms with Crippen LogP contribution in [0, 0.1) is 18.3 Å². The van der Waals surface area contributed by atoms with E-state index in [4.69, 9.17) is 10.00 Å². The van der Waals surface area contributed by atoms with Crippen molar-refractivity contribution in [1.82, 2.24) is 4.98 Å². The topological polar surface area (TPSA) is 63.0 Å². The van der Waals surface area contributed by atoms with Gasteiger partial charge in [0.05, 0.1) is 22.7 Å². The second kappa shape index (κ2) is 6.29. The largest absolute Gasteiger partial charge is 0.457 e. The van der Waals surface area contributed by atoms with Crippen LogP contribution in [-0.4, -0.2) is 11.0 Å². The molecule has 0 atom stereocenters. The van der Waals surface area contributed by atoms with E-state index in [1.807, 2.05) is 37.3 Å². The Morgan fingerprint density at radius 1 is 1.17 bits per heavy atom. The predicted octanol–water partition coefficient (Wildman–Crippen LogP) is 3.77. The highest BCUT2D eigenvalue weighted by atomic mass is 16.5. The molecule has 4 nitrogen and oxygen atoms in total. The molecular formula is C19H14N2O2. The summed E-state index contributed by atoms with van der Waals surface area (Å²) in [7, 11) is 0. The summed E-state index contributed by atoms with van der Waals surface area (Å²) >= 11 is 0. The van der Waals surface area contributed by atoms with Gasteiger partial charge in [-0.1, -0.05) is 36.4 Å². The van der Waals surface area contributed by atoms with Gasteiger partial charge in [-0.15, -0.1) is 0 Å². The van der Waals surface area contributed by atoms with Crippen molar-refractivity contribution in [3.8, 4) is 6.07 Å². The van der Waals surface area contributed by atoms with Crippen molar-refractivity contribution < 1.29 is 9.53 Å². The number of esters is 1. The molecule has 3 aromatic rings. The van der Waals surface area contributed by atoms with Gasteiger partial charge in [-0.05, 0) is 25.1 Å². The second-order valence-corrected chi connectivity index (χ2v) is 5.17. The average Bonchev–Trinajstić information content (AvgIpc) is 2.59. The third-order valence-electron chi connectivity index (χ3n) is 3.56. The summed E-state index contributed by atoms with van der Waals surface area (Å²) in [5.41, 5.74) is 3.21. The molecule has 112 valence electrons. The zero-order valence-corrected chi connectivity index (χ0v) is 12.6. The predicted molar refractivity (Wildman–Crippen MR) is 86.8 cm³/mol. The van der Waals surface area contributed by atoms with Gasteiger partial charge < -0.3 is 4.74 Å². The number of rotatable bonds is 3. The highest BCUT2D eigenvalue weighted by Gasteiger charge is 2.14. The molecule has 0 spiro atoms. The van der Waals surface area contributed by atoms with Gasteiger partial charge in [0.1, 0.15) is 6.61 Å². The van der Waals surface area contributed by atoms with Gasteiger partial charge in [-0.25, -0.2) is 4.79 Å². The first-order valence-corrected chi connectivity index (χ1v) is 7.20. The molecule has 0 unspecified atom stereocenters. The molecule has 4 heteroatoms. The minimum atomic E-state index is -0.417. The van der Waals surface area contributed by atoms with Crippen LogP contribution < -0.4 is 0 Å². The number of aryl methyl sites for hydroxylation is 1. The number of para-hydroxylation sites is 1. The Labute approximate surface area is 134 Å². The van der Waals surface area contributed by atoms with E-state index in [9.17, 15) is 4.79 Å². The number of hydrogen-bond acceptors (Lipinski definition) is 4. The van der Waals surface area contributed by atoms with Crippen LogP contribution in [0.4, 0.5) is 0 Å². The van der Waals surface area contributed by atoms with Crippen LogP contribution in [0.5, 0.6) is 0 Å². The monoisotopic (exact) mass is 302 g/mol. The van der Waals surface area contributed by atoms with Crippen LogP contribution in [0.2, 0.25) is 0 Å². The number of aromatic nitrogens is 1. The Hall–Kier alpha value is -3.19. The first kappa shape index (κ1) is 14.7. The van der Waals surface area contributed by atoms with Crippen molar-refractivity contribution in [2.75, 3.05) is 0 Å². The maximum atomic E-state index is 12.5. The molecule has 0 bridgehead atoms. The van der Waals surface area contributed by atoms with Gasteiger partial charge >= 0.3 is 5.97 Å². The zero-order valence-electron chi connectivity index (χ0n) is 12.6. The zero-order chi connectivity index (χ0) is 16.2. The van der Waals surface area contributed by atoms with Crippen LogP contribution >= 0.6 is 0 Å². The summed E-state index contributed by atoms with van der Waals surface area (Å²) in [5, 5.41) is 9.84. The molecular weight excluding hydrogens is 288 g/mol. The molecule has 0 aliphatic rings. The molecule has 0 amide bonds. The molecule has 0 saturated heterocycles. The van der Waals surface area contributed by atoms with Gasteiger partial charge in [0.15, 0.2) is 0 Å². The summed E-state index contributed by atoms with van der Waals surface area (Å²) < 4.78 is 5.40. The molecule has 1 heterocycles.